The summed E-state index contributed by atoms with van der Waals surface area (Å²) in [7, 11) is 0. The summed E-state index contributed by atoms with van der Waals surface area (Å²) in [5.74, 6) is -4.43. The second kappa shape index (κ2) is 10.1. The maximum Gasteiger partial charge on any atom is 0.167 e. The number of hydrogen-bond acceptors (Lipinski definition) is 0. The molecule has 0 unspecified atom stereocenters. The van der Waals surface area contributed by atoms with Gasteiger partial charge >= 0.3 is 0 Å². The number of benzene rings is 3. The van der Waals surface area contributed by atoms with Gasteiger partial charge in [0.25, 0.3) is 0 Å². The molecular weight excluding hydrogens is 443 g/mol. The molecular formula is C29H27F5. The average Bonchev–Trinajstić information content (AvgIpc) is 2.83. The summed E-state index contributed by atoms with van der Waals surface area (Å²) >= 11 is 0. The van der Waals surface area contributed by atoms with E-state index in [1.807, 2.05) is 0 Å². The van der Waals surface area contributed by atoms with Gasteiger partial charge in [0.2, 0.25) is 0 Å². The predicted molar refractivity (Wildman–Crippen MR) is 127 cm³/mol. The lowest BCUT2D eigenvalue weighted by Crippen LogP contribution is -2.05. The van der Waals surface area contributed by atoms with Crippen molar-refractivity contribution in [3.63, 3.8) is 0 Å². The zero-order chi connectivity index (χ0) is 24.4. The van der Waals surface area contributed by atoms with Gasteiger partial charge in [0.05, 0.1) is 0 Å². The van der Waals surface area contributed by atoms with Gasteiger partial charge in [0.15, 0.2) is 23.3 Å². The minimum Gasteiger partial charge on any atom is -0.206 e. The Bertz CT molecular complexity index is 1260. The van der Waals surface area contributed by atoms with E-state index in [-0.39, 0.29) is 22.3 Å². The second-order valence-corrected chi connectivity index (χ2v) is 8.81. The van der Waals surface area contributed by atoms with Gasteiger partial charge in [-0.15, -0.1) is 0 Å². The Morgan fingerprint density at radius 2 is 1.35 bits per heavy atom. The second-order valence-electron chi connectivity index (χ2n) is 8.81. The monoisotopic (exact) mass is 470 g/mol. The first-order chi connectivity index (χ1) is 16.3. The summed E-state index contributed by atoms with van der Waals surface area (Å²) in [6, 6.07) is 8.85. The summed E-state index contributed by atoms with van der Waals surface area (Å²) < 4.78 is 73.4. The molecule has 0 aromatic heterocycles. The molecule has 5 heteroatoms. The Kier molecular flexibility index (Phi) is 7.20. The topological polar surface area (TPSA) is 0 Å². The Morgan fingerprint density at radius 3 is 2.09 bits per heavy atom. The molecule has 0 saturated heterocycles. The molecule has 178 valence electrons. The van der Waals surface area contributed by atoms with Crippen LogP contribution in [0.2, 0.25) is 0 Å². The van der Waals surface area contributed by atoms with Crippen LogP contribution in [0.3, 0.4) is 0 Å². The van der Waals surface area contributed by atoms with Crippen LogP contribution >= 0.6 is 0 Å². The van der Waals surface area contributed by atoms with Crippen molar-refractivity contribution in [2.24, 2.45) is 0 Å². The molecule has 3 aromatic rings. The highest BCUT2D eigenvalue weighted by Crippen LogP contribution is 2.37. The highest BCUT2D eigenvalue weighted by atomic mass is 19.2. The summed E-state index contributed by atoms with van der Waals surface area (Å²) in [5, 5.41) is 0. The number of unbranched alkanes of at least 4 members (excludes halogenated alkanes) is 2. The molecule has 4 rings (SSSR count). The van der Waals surface area contributed by atoms with Crippen molar-refractivity contribution >= 4 is 11.6 Å². The first kappa shape index (κ1) is 24.2. The molecule has 0 radical (unpaired) electrons. The third kappa shape index (κ3) is 4.53. The highest BCUT2D eigenvalue weighted by Gasteiger charge is 2.22. The van der Waals surface area contributed by atoms with Crippen molar-refractivity contribution in [1.29, 1.82) is 0 Å². The fraction of sp³-hybridized carbons (Fsp3) is 0.310. The molecule has 0 heterocycles. The van der Waals surface area contributed by atoms with Gasteiger partial charge < -0.3 is 0 Å². The molecule has 0 aliphatic heterocycles. The van der Waals surface area contributed by atoms with Crippen LogP contribution in [-0.4, -0.2) is 0 Å². The van der Waals surface area contributed by atoms with Gasteiger partial charge in [0, 0.05) is 16.7 Å². The summed E-state index contributed by atoms with van der Waals surface area (Å²) in [6.45, 7) is 3.77. The molecule has 0 fully saturated rings. The molecule has 1 aliphatic carbocycles. The first-order valence-corrected chi connectivity index (χ1v) is 11.8. The quantitative estimate of drug-likeness (QED) is 0.239. The molecule has 0 atom stereocenters. The highest BCUT2D eigenvalue weighted by molar-refractivity contribution is 5.85. The van der Waals surface area contributed by atoms with E-state index in [2.05, 4.69) is 6.92 Å². The number of allylic oxidation sites excluding steroid dienone is 1. The fourth-order valence-electron chi connectivity index (χ4n) is 4.60. The minimum atomic E-state index is -1.07. The van der Waals surface area contributed by atoms with Crippen LogP contribution in [0.1, 0.15) is 67.3 Å². The molecule has 34 heavy (non-hydrogen) atoms. The zero-order valence-electron chi connectivity index (χ0n) is 19.4. The molecule has 0 saturated carbocycles. The molecule has 1 aliphatic rings. The number of halogens is 5. The van der Waals surface area contributed by atoms with Gasteiger partial charge in [-0.25, -0.2) is 22.0 Å². The Labute approximate surface area is 197 Å². The van der Waals surface area contributed by atoms with E-state index in [0.29, 0.717) is 42.4 Å². The summed E-state index contributed by atoms with van der Waals surface area (Å²) in [4.78, 5) is 0. The van der Waals surface area contributed by atoms with Crippen LogP contribution in [0.15, 0.2) is 36.4 Å². The maximum atomic E-state index is 15.0. The van der Waals surface area contributed by atoms with Gasteiger partial charge in [-0.05, 0) is 72.1 Å². The number of fused-ring (bicyclic) bond motifs is 1. The molecule has 0 nitrogen and oxygen atoms in total. The molecule has 3 aromatic carbocycles. The van der Waals surface area contributed by atoms with E-state index in [4.69, 9.17) is 0 Å². The number of aryl methyl sites for hydroxylation is 3. The smallest absolute Gasteiger partial charge is 0.167 e. The lowest BCUT2D eigenvalue weighted by Gasteiger charge is -2.20. The minimum absolute atomic E-state index is 0.0108. The van der Waals surface area contributed by atoms with E-state index in [1.54, 1.807) is 25.1 Å². The van der Waals surface area contributed by atoms with Crippen molar-refractivity contribution in [1.82, 2.24) is 0 Å². The molecule has 0 amide bonds. The van der Waals surface area contributed by atoms with E-state index >= 15 is 0 Å². The zero-order valence-corrected chi connectivity index (χ0v) is 19.4. The average molecular weight is 471 g/mol. The summed E-state index contributed by atoms with van der Waals surface area (Å²) in [6.07, 6.45) is 6.10. The van der Waals surface area contributed by atoms with E-state index in [0.717, 1.165) is 24.8 Å². The Balaban J connectivity index is 1.68. The lowest BCUT2D eigenvalue weighted by molar-refractivity contribution is 0.493. The van der Waals surface area contributed by atoms with E-state index in [1.165, 1.54) is 24.3 Å². The first-order valence-electron chi connectivity index (χ1n) is 11.8. The van der Waals surface area contributed by atoms with E-state index in [9.17, 15) is 22.0 Å². The van der Waals surface area contributed by atoms with Gasteiger partial charge in [-0.3, -0.25) is 0 Å². The predicted octanol–water partition coefficient (Wildman–Crippen LogP) is 8.83. The van der Waals surface area contributed by atoms with E-state index < -0.39 is 29.1 Å². The number of rotatable bonds is 7. The Morgan fingerprint density at radius 1 is 0.676 bits per heavy atom. The third-order valence-electron chi connectivity index (χ3n) is 6.61. The maximum absolute atomic E-state index is 15.0. The van der Waals surface area contributed by atoms with Crippen molar-refractivity contribution in [3.05, 3.63) is 93.3 Å². The van der Waals surface area contributed by atoms with Crippen LogP contribution in [-0.2, 0) is 19.3 Å². The largest absolute Gasteiger partial charge is 0.206 e. The van der Waals surface area contributed by atoms with Crippen molar-refractivity contribution in [3.8, 4) is 11.1 Å². The van der Waals surface area contributed by atoms with Crippen molar-refractivity contribution < 1.29 is 22.0 Å². The summed E-state index contributed by atoms with van der Waals surface area (Å²) in [5.41, 5.74) is 2.50. The SMILES string of the molecule is CCCCCc1ccc(C2=Cc3cc(F)c(-c4ccc(CC)c(F)c4F)cc3CC2)c(F)c1F. The van der Waals surface area contributed by atoms with Gasteiger partial charge in [-0.2, -0.15) is 0 Å². The van der Waals surface area contributed by atoms with Crippen LogP contribution in [0.5, 0.6) is 0 Å². The van der Waals surface area contributed by atoms with Crippen LogP contribution in [0.25, 0.3) is 22.8 Å². The third-order valence-corrected chi connectivity index (χ3v) is 6.61. The van der Waals surface area contributed by atoms with Crippen LogP contribution < -0.4 is 0 Å². The fourth-order valence-corrected chi connectivity index (χ4v) is 4.60. The van der Waals surface area contributed by atoms with Crippen molar-refractivity contribution in [2.45, 2.75) is 58.8 Å². The van der Waals surface area contributed by atoms with Crippen molar-refractivity contribution in [2.75, 3.05) is 0 Å². The lowest BCUT2D eigenvalue weighted by atomic mass is 9.86. The molecule has 0 bridgehead atoms. The molecule has 0 spiro atoms. The molecule has 0 N–H and O–H groups in total. The van der Waals surface area contributed by atoms with Gasteiger partial charge in [0.1, 0.15) is 5.82 Å². The standard InChI is InChI=1S/C29H27F5/c1-3-5-6-7-18-11-12-22(28(33)27(18)32)20-9-8-19-15-24(25(30)16-21(19)14-20)23-13-10-17(4-2)26(31)29(23)34/h10-16H,3-9H2,1-2H3. The number of hydrogen-bond donors (Lipinski definition) is 0. The Hall–Kier alpha value is -2.95. The van der Waals surface area contributed by atoms with Crippen LogP contribution in [0.4, 0.5) is 22.0 Å². The van der Waals surface area contributed by atoms with Gasteiger partial charge in [-0.1, -0.05) is 57.0 Å². The normalized spacial score (nSPS) is 13.1. The van der Waals surface area contributed by atoms with Crippen LogP contribution in [0, 0.1) is 29.1 Å².